The quantitative estimate of drug-likeness (QED) is 0.763. The van der Waals surface area contributed by atoms with E-state index in [0.717, 1.165) is 16.4 Å². The van der Waals surface area contributed by atoms with Gasteiger partial charge in [-0.15, -0.1) is 0 Å². The Morgan fingerprint density at radius 2 is 1.67 bits per heavy atom. The highest BCUT2D eigenvalue weighted by atomic mass is 32.2. The Kier molecular flexibility index (Phi) is 5.85. The van der Waals surface area contributed by atoms with Gasteiger partial charge in [-0.05, 0) is 39.0 Å². The van der Waals surface area contributed by atoms with Crippen LogP contribution in [-0.4, -0.2) is 63.9 Å². The Morgan fingerprint density at radius 1 is 1.11 bits per heavy atom. The summed E-state index contributed by atoms with van der Waals surface area (Å²) in [7, 11) is -8.35. The van der Waals surface area contributed by atoms with Crippen LogP contribution < -0.4 is 5.14 Å². The Labute approximate surface area is 158 Å². The molecule has 1 aromatic carbocycles. The number of sulfonamides is 2. The van der Waals surface area contributed by atoms with Gasteiger partial charge < -0.3 is 9.64 Å². The second-order valence-electron chi connectivity index (χ2n) is 7.01. The van der Waals surface area contributed by atoms with Crippen molar-refractivity contribution in [3.05, 3.63) is 24.0 Å². The highest BCUT2D eigenvalue weighted by Crippen LogP contribution is 2.23. The molecule has 1 aliphatic rings. The number of hydrogen-bond acceptors (Lipinski definition) is 6. The second kappa shape index (κ2) is 7.34. The Hall–Kier alpha value is -1.76. The van der Waals surface area contributed by atoms with Crippen LogP contribution in [0.2, 0.25) is 0 Å². The molecule has 0 unspecified atom stereocenters. The lowest BCUT2D eigenvalue weighted by Gasteiger charge is -2.35. The van der Waals surface area contributed by atoms with Gasteiger partial charge in [0.2, 0.25) is 20.0 Å². The van der Waals surface area contributed by atoms with Crippen molar-refractivity contribution in [3.8, 4) is 0 Å². The molecule has 12 heteroatoms. The van der Waals surface area contributed by atoms with Crippen molar-refractivity contribution in [2.45, 2.75) is 36.2 Å². The van der Waals surface area contributed by atoms with Crippen molar-refractivity contribution in [1.82, 2.24) is 9.21 Å². The van der Waals surface area contributed by atoms with Crippen molar-refractivity contribution in [2.75, 3.05) is 26.2 Å². The van der Waals surface area contributed by atoms with Crippen LogP contribution in [0.25, 0.3) is 0 Å². The molecule has 0 saturated carbocycles. The first-order valence-electron chi connectivity index (χ1n) is 8.02. The lowest BCUT2D eigenvalue weighted by Crippen LogP contribution is -2.51. The SMILES string of the molecule is CC(C)(C)OC(=O)N1CCN(S(=O)(=O)c2ccc(S(N)(=O)=O)cc2F)CC1. The molecule has 1 saturated heterocycles. The maximum Gasteiger partial charge on any atom is 0.410 e. The minimum absolute atomic E-state index is 0.0437. The van der Waals surface area contributed by atoms with Crippen LogP contribution >= 0.6 is 0 Å². The third-order valence-corrected chi connectivity index (χ3v) is 6.58. The van der Waals surface area contributed by atoms with Crippen LogP contribution in [0.4, 0.5) is 9.18 Å². The third kappa shape index (κ3) is 5.15. The first kappa shape index (κ1) is 21.5. The van der Waals surface area contributed by atoms with Crippen molar-refractivity contribution in [2.24, 2.45) is 5.14 Å². The van der Waals surface area contributed by atoms with Crippen LogP contribution in [0.3, 0.4) is 0 Å². The largest absolute Gasteiger partial charge is 0.444 e. The molecule has 0 aromatic heterocycles. The van der Waals surface area contributed by atoms with E-state index in [-0.39, 0.29) is 26.2 Å². The summed E-state index contributed by atoms with van der Waals surface area (Å²) in [6.45, 7) is 5.25. The average molecular weight is 423 g/mol. The molecule has 0 aliphatic carbocycles. The Bertz CT molecular complexity index is 933. The van der Waals surface area contributed by atoms with Gasteiger partial charge in [0.25, 0.3) is 0 Å². The lowest BCUT2D eigenvalue weighted by molar-refractivity contribution is 0.0192. The van der Waals surface area contributed by atoms with E-state index in [1.54, 1.807) is 20.8 Å². The van der Waals surface area contributed by atoms with Gasteiger partial charge in [-0.1, -0.05) is 0 Å². The van der Waals surface area contributed by atoms with Gasteiger partial charge in [0, 0.05) is 26.2 Å². The van der Waals surface area contributed by atoms with E-state index in [0.29, 0.717) is 6.07 Å². The maximum atomic E-state index is 14.2. The summed E-state index contributed by atoms with van der Waals surface area (Å²) >= 11 is 0. The fourth-order valence-corrected chi connectivity index (χ4v) is 4.44. The first-order chi connectivity index (χ1) is 12.2. The van der Waals surface area contributed by atoms with Crippen molar-refractivity contribution in [1.29, 1.82) is 0 Å². The molecule has 27 heavy (non-hydrogen) atoms. The van der Waals surface area contributed by atoms with E-state index in [9.17, 15) is 26.0 Å². The number of ether oxygens (including phenoxy) is 1. The summed E-state index contributed by atoms with van der Waals surface area (Å²) in [5.41, 5.74) is -0.672. The summed E-state index contributed by atoms with van der Waals surface area (Å²) in [5.74, 6) is -1.21. The molecule has 1 aromatic rings. The molecule has 152 valence electrons. The summed E-state index contributed by atoms with van der Waals surface area (Å²) in [6, 6.07) is 2.37. The number of piperazine rings is 1. The fraction of sp³-hybridized carbons (Fsp3) is 0.533. The average Bonchev–Trinajstić information content (AvgIpc) is 2.52. The molecule has 1 fully saturated rings. The number of benzene rings is 1. The standard InChI is InChI=1S/C15H22FN3O6S2/c1-15(2,3)25-14(20)18-6-8-19(9-7-18)27(23,24)13-5-4-11(10-12(13)16)26(17,21)22/h4-5,10H,6-9H2,1-3H3,(H2,17,21,22). The van der Waals surface area contributed by atoms with Crippen LogP contribution in [-0.2, 0) is 24.8 Å². The van der Waals surface area contributed by atoms with Gasteiger partial charge in [0.05, 0.1) is 4.90 Å². The molecular formula is C15H22FN3O6S2. The molecule has 1 heterocycles. The number of nitrogens with two attached hydrogens (primary N) is 1. The summed E-state index contributed by atoms with van der Waals surface area (Å²) in [4.78, 5) is 12.2. The van der Waals surface area contributed by atoms with Crippen molar-refractivity contribution < 1.29 is 30.8 Å². The molecule has 1 aliphatic heterocycles. The normalized spacial score (nSPS) is 17.0. The second-order valence-corrected chi connectivity index (χ2v) is 10.5. The van der Waals surface area contributed by atoms with Crippen LogP contribution in [0, 0.1) is 5.82 Å². The maximum absolute atomic E-state index is 14.2. The Balaban J connectivity index is 2.15. The zero-order valence-corrected chi connectivity index (χ0v) is 16.8. The number of carbonyl (C=O) groups excluding carboxylic acids is 1. The van der Waals surface area contributed by atoms with Gasteiger partial charge in [0.1, 0.15) is 16.3 Å². The molecule has 9 nitrogen and oxygen atoms in total. The molecule has 0 radical (unpaired) electrons. The summed E-state index contributed by atoms with van der Waals surface area (Å²) < 4.78 is 68.3. The predicted octanol–water partition coefficient (Wildman–Crippen LogP) is 0.715. The number of rotatable bonds is 3. The summed E-state index contributed by atoms with van der Waals surface area (Å²) in [5, 5.41) is 4.91. The number of nitrogens with zero attached hydrogens (tertiary/aromatic N) is 2. The third-order valence-electron chi connectivity index (χ3n) is 3.74. The van der Waals surface area contributed by atoms with E-state index in [1.165, 1.54) is 4.90 Å². The van der Waals surface area contributed by atoms with Crippen LogP contribution in [0.1, 0.15) is 20.8 Å². The van der Waals surface area contributed by atoms with Crippen LogP contribution in [0.15, 0.2) is 28.0 Å². The van der Waals surface area contributed by atoms with Gasteiger partial charge in [0.15, 0.2) is 0 Å². The van der Waals surface area contributed by atoms with E-state index in [4.69, 9.17) is 9.88 Å². The topological polar surface area (TPSA) is 127 Å². The lowest BCUT2D eigenvalue weighted by atomic mass is 10.2. The first-order valence-corrected chi connectivity index (χ1v) is 11.0. The van der Waals surface area contributed by atoms with Gasteiger partial charge in [-0.25, -0.2) is 31.2 Å². The molecule has 2 N–H and O–H groups in total. The van der Waals surface area contributed by atoms with Crippen molar-refractivity contribution in [3.63, 3.8) is 0 Å². The predicted molar refractivity (Wildman–Crippen MR) is 94.3 cm³/mol. The minimum atomic E-state index is -4.20. The van der Waals surface area contributed by atoms with Crippen molar-refractivity contribution >= 4 is 26.1 Å². The number of carbonyl (C=O) groups is 1. The van der Waals surface area contributed by atoms with Gasteiger partial charge in [-0.2, -0.15) is 4.31 Å². The van der Waals surface area contributed by atoms with Gasteiger partial charge in [-0.3, -0.25) is 0 Å². The van der Waals surface area contributed by atoms with Crippen LogP contribution in [0.5, 0.6) is 0 Å². The molecule has 0 spiro atoms. The monoisotopic (exact) mass is 423 g/mol. The smallest absolute Gasteiger partial charge is 0.410 e. The highest BCUT2D eigenvalue weighted by Gasteiger charge is 2.33. The van der Waals surface area contributed by atoms with E-state index >= 15 is 0 Å². The number of hydrogen-bond donors (Lipinski definition) is 1. The van der Waals surface area contributed by atoms with E-state index < -0.39 is 47.3 Å². The molecule has 0 atom stereocenters. The molecular weight excluding hydrogens is 401 g/mol. The number of amides is 1. The van der Waals surface area contributed by atoms with Gasteiger partial charge >= 0.3 is 6.09 Å². The number of primary sulfonamides is 1. The fourth-order valence-electron chi connectivity index (χ4n) is 2.44. The number of halogens is 1. The Morgan fingerprint density at radius 3 is 2.11 bits per heavy atom. The zero-order chi connectivity index (χ0) is 20.6. The van der Waals surface area contributed by atoms with E-state index in [2.05, 4.69) is 0 Å². The molecule has 1 amide bonds. The van der Waals surface area contributed by atoms with E-state index in [1.807, 2.05) is 0 Å². The summed E-state index contributed by atoms with van der Waals surface area (Å²) in [6.07, 6.45) is -0.553. The highest BCUT2D eigenvalue weighted by molar-refractivity contribution is 7.89. The molecule has 0 bridgehead atoms. The zero-order valence-electron chi connectivity index (χ0n) is 15.2. The molecule has 2 rings (SSSR count). The minimum Gasteiger partial charge on any atom is -0.444 e.